The first-order valence-electron chi connectivity index (χ1n) is 3.36. The van der Waals surface area contributed by atoms with Crippen molar-refractivity contribution in [2.24, 2.45) is 0 Å². The highest BCUT2D eigenvalue weighted by molar-refractivity contribution is 14.1. The third-order valence-electron chi connectivity index (χ3n) is 1.92. The van der Waals surface area contributed by atoms with Crippen molar-refractivity contribution in [2.75, 3.05) is 6.54 Å². The topological polar surface area (TPSA) is 20.3 Å². The number of nitrogens with zero attached hydrogens (tertiary/aromatic N) is 1. The fraction of sp³-hybridized carbons (Fsp3) is 0.833. The van der Waals surface area contributed by atoms with Gasteiger partial charge in [-0.2, -0.15) is 0 Å². The third-order valence-corrected chi connectivity index (χ3v) is 4.69. The molecule has 56 valence electrons. The van der Waals surface area contributed by atoms with Crippen LogP contribution in [0.2, 0.25) is 0 Å². The molecule has 0 aromatic rings. The number of carbonyl (C=O) groups excluding carboxylic acids is 1. The van der Waals surface area contributed by atoms with E-state index in [0.717, 1.165) is 22.6 Å². The lowest BCUT2D eigenvalue weighted by Crippen LogP contribution is -2.54. The summed E-state index contributed by atoms with van der Waals surface area (Å²) >= 11 is 4.38. The van der Waals surface area contributed by atoms with Gasteiger partial charge in [0, 0.05) is 6.54 Å². The highest BCUT2D eigenvalue weighted by atomic mass is 127. The molecule has 1 unspecified atom stereocenters. The van der Waals surface area contributed by atoms with E-state index in [1.165, 1.54) is 0 Å². The summed E-state index contributed by atoms with van der Waals surface area (Å²) in [7, 11) is 0. The van der Waals surface area contributed by atoms with E-state index in [0.29, 0.717) is 11.3 Å². The van der Waals surface area contributed by atoms with Crippen LogP contribution in [0.4, 0.5) is 0 Å². The Morgan fingerprint density at radius 1 is 1.70 bits per heavy atom. The molecule has 0 saturated carbocycles. The van der Waals surface area contributed by atoms with Gasteiger partial charge >= 0.3 is 0 Å². The van der Waals surface area contributed by atoms with Crippen molar-refractivity contribution in [3.05, 3.63) is 0 Å². The van der Waals surface area contributed by atoms with Gasteiger partial charge in [0.2, 0.25) is 5.91 Å². The molecule has 2 rings (SSSR count). The van der Waals surface area contributed by atoms with E-state index >= 15 is 0 Å². The van der Waals surface area contributed by atoms with Gasteiger partial charge in [0.05, 0.1) is 15.1 Å². The van der Waals surface area contributed by atoms with Crippen molar-refractivity contribution in [1.29, 1.82) is 0 Å². The van der Waals surface area contributed by atoms with Crippen LogP contribution in [0.25, 0.3) is 0 Å². The second-order valence-electron chi connectivity index (χ2n) is 2.58. The lowest BCUT2D eigenvalue weighted by molar-refractivity contribution is -0.141. The van der Waals surface area contributed by atoms with Gasteiger partial charge in [0.25, 0.3) is 0 Å². The smallest absolute Gasteiger partial charge is 0.226 e. The monoisotopic (exact) mass is 269 g/mol. The van der Waals surface area contributed by atoms with Crippen LogP contribution in [-0.4, -0.2) is 26.0 Å². The minimum Gasteiger partial charge on any atom is -0.330 e. The molecule has 2 atom stereocenters. The Morgan fingerprint density at radius 3 is 3.10 bits per heavy atom. The van der Waals surface area contributed by atoms with Gasteiger partial charge in [-0.25, -0.2) is 0 Å². The zero-order chi connectivity index (χ0) is 7.14. The number of amides is 1. The molecule has 0 N–H and O–H groups in total. The summed E-state index contributed by atoms with van der Waals surface area (Å²) in [5.74, 6) is 0.348. The summed E-state index contributed by atoms with van der Waals surface area (Å²) < 4.78 is 0.729. The van der Waals surface area contributed by atoms with Gasteiger partial charge in [-0.1, -0.05) is 22.6 Å². The molecule has 2 saturated heterocycles. The van der Waals surface area contributed by atoms with Gasteiger partial charge < -0.3 is 4.90 Å². The number of carbonyl (C=O) groups is 1. The Kier molecular flexibility index (Phi) is 1.84. The van der Waals surface area contributed by atoms with Crippen LogP contribution in [0.3, 0.4) is 0 Å². The average Bonchev–Trinajstić information content (AvgIpc) is 1.86. The number of hydrogen-bond donors (Lipinski definition) is 0. The number of halogens is 1. The van der Waals surface area contributed by atoms with Crippen LogP contribution in [0.15, 0.2) is 0 Å². The van der Waals surface area contributed by atoms with Gasteiger partial charge in [0.15, 0.2) is 0 Å². The van der Waals surface area contributed by atoms with E-state index < -0.39 is 0 Å². The molecule has 1 amide bonds. The minimum absolute atomic E-state index is 0.348. The molecule has 0 radical (unpaired) electrons. The zero-order valence-electron chi connectivity index (χ0n) is 5.42. The van der Waals surface area contributed by atoms with Crippen molar-refractivity contribution in [2.45, 2.75) is 21.5 Å². The average molecular weight is 269 g/mol. The second-order valence-corrected chi connectivity index (χ2v) is 6.31. The Bertz CT molecular complexity index is 175. The van der Waals surface area contributed by atoms with Crippen LogP contribution < -0.4 is 0 Å². The zero-order valence-corrected chi connectivity index (χ0v) is 8.39. The van der Waals surface area contributed by atoms with Crippen LogP contribution >= 0.6 is 34.4 Å². The first-order chi connectivity index (χ1) is 4.77. The summed E-state index contributed by atoms with van der Waals surface area (Å²) in [5, 5.41) is 0.531. The van der Waals surface area contributed by atoms with Gasteiger partial charge in [-0.3, -0.25) is 4.79 Å². The Labute approximate surface area is 77.9 Å². The predicted octanol–water partition coefficient (Wildman–Crippen LogP) is 1.44. The maximum absolute atomic E-state index is 10.9. The van der Waals surface area contributed by atoms with E-state index in [4.69, 9.17) is 0 Å². The summed E-state index contributed by atoms with van der Waals surface area (Å²) in [6.45, 7) is 0.990. The quantitative estimate of drug-likeness (QED) is 0.377. The first-order valence-corrected chi connectivity index (χ1v) is 5.55. The number of alkyl halides is 1. The molecular formula is C6H8INOS. The van der Waals surface area contributed by atoms with Crippen molar-refractivity contribution in [3.63, 3.8) is 0 Å². The minimum atomic E-state index is 0.348. The van der Waals surface area contributed by atoms with E-state index in [1.807, 2.05) is 16.7 Å². The van der Waals surface area contributed by atoms with Gasteiger partial charge in [0.1, 0.15) is 0 Å². The fourth-order valence-corrected chi connectivity index (χ4v) is 3.78. The molecule has 2 fully saturated rings. The van der Waals surface area contributed by atoms with Crippen molar-refractivity contribution >= 4 is 40.3 Å². The Hall–Kier alpha value is 0.550. The molecule has 10 heavy (non-hydrogen) atoms. The van der Waals surface area contributed by atoms with Crippen molar-refractivity contribution < 1.29 is 4.79 Å². The van der Waals surface area contributed by atoms with Crippen molar-refractivity contribution in [1.82, 2.24) is 4.90 Å². The molecule has 4 heteroatoms. The maximum Gasteiger partial charge on any atom is 0.226 e. The summed E-state index contributed by atoms with van der Waals surface area (Å²) in [6.07, 6.45) is 1.94. The summed E-state index contributed by atoms with van der Waals surface area (Å²) in [4.78, 5) is 12.9. The maximum atomic E-state index is 10.9. The molecule has 0 spiro atoms. The number of thioether (sulfide) groups is 1. The van der Waals surface area contributed by atoms with Crippen LogP contribution in [0.5, 0.6) is 0 Å². The molecule has 2 aliphatic heterocycles. The van der Waals surface area contributed by atoms with Crippen LogP contribution in [0, 0.1) is 0 Å². The van der Waals surface area contributed by atoms with E-state index in [-0.39, 0.29) is 0 Å². The first kappa shape index (κ1) is 7.21. The van der Waals surface area contributed by atoms with E-state index in [1.54, 1.807) is 0 Å². The van der Waals surface area contributed by atoms with E-state index in [9.17, 15) is 4.79 Å². The van der Waals surface area contributed by atoms with Crippen LogP contribution in [-0.2, 0) is 4.79 Å². The molecule has 2 nitrogen and oxygen atoms in total. The standard InChI is InChI=1S/C6H8INOS/c7-4-1-2-8-5(9)3-6(8)10-4/h4,6H,1-3H2/t4?,6-/m0/s1. The SMILES string of the molecule is O=C1C[C@@H]2SC(I)CCN12. The van der Waals surface area contributed by atoms with Gasteiger partial charge in [-0.15, -0.1) is 11.8 Å². The third kappa shape index (κ3) is 1.05. The summed E-state index contributed by atoms with van der Waals surface area (Å²) in [5.41, 5.74) is 0. The fourth-order valence-electron chi connectivity index (χ4n) is 1.29. The number of fused-ring (bicyclic) bond motifs is 1. The molecule has 2 heterocycles. The highest BCUT2D eigenvalue weighted by Gasteiger charge is 2.40. The number of hydrogen-bond acceptors (Lipinski definition) is 2. The normalized spacial score (nSPS) is 38.9. The van der Waals surface area contributed by atoms with Crippen molar-refractivity contribution in [3.8, 4) is 0 Å². The highest BCUT2D eigenvalue weighted by Crippen LogP contribution is 2.40. The molecule has 0 aliphatic carbocycles. The molecule has 0 bridgehead atoms. The lowest BCUT2D eigenvalue weighted by atomic mass is 10.2. The molecule has 0 aromatic heterocycles. The summed E-state index contributed by atoms with van der Waals surface area (Å²) in [6, 6.07) is 0. The van der Waals surface area contributed by atoms with E-state index in [2.05, 4.69) is 22.6 Å². The Morgan fingerprint density at radius 2 is 2.50 bits per heavy atom. The number of β-lactam (4-membered cyclic amide) rings is 1. The largest absolute Gasteiger partial charge is 0.330 e. The lowest BCUT2D eigenvalue weighted by Gasteiger charge is -2.44. The molecule has 2 aliphatic rings. The second kappa shape index (κ2) is 2.55. The molecule has 0 aromatic carbocycles. The van der Waals surface area contributed by atoms with Gasteiger partial charge in [-0.05, 0) is 6.42 Å². The van der Waals surface area contributed by atoms with Crippen LogP contribution in [0.1, 0.15) is 12.8 Å². The Balaban J connectivity index is 1.99. The number of rotatable bonds is 0. The molecular weight excluding hydrogens is 261 g/mol. The predicted molar refractivity (Wildman–Crippen MR) is 50.1 cm³/mol.